The molecule has 9 nitrogen and oxygen atoms in total. The van der Waals surface area contributed by atoms with Crippen LogP contribution >= 0.6 is 0 Å². The maximum atomic E-state index is 13.1. The minimum atomic E-state index is -3.99. The molecule has 148 valence electrons. The number of hydrogen-bond acceptors (Lipinski definition) is 6. The van der Waals surface area contributed by atoms with Crippen LogP contribution in [0.25, 0.3) is 6.08 Å². The Morgan fingerprint density at radius 1 is 1.15 bits per heavy atom. The molecule has 0 amide bonds. The van der Waals surface area contributed by atoms with Gasteiger partial charge in [-0.2, -0.15) is 4.31 Å². The van der Waals surface area contributed by atoms with Gasteiger partial charge in [0.1, 0.15) is 4.90 Å². The summed E-state index contributed by atoms with van der Waals surface area (Å²) in [4.78, 5) is 21.7. The van der Waals surface area contributed by atoms with Crippen LogP contribution in [0.4, 0.5) is 0 Å². The molecule has 0 atom stereocenters. The van der Waals surface area contributed by atoms with Gasteiger partial charge >= 0.3 is 11.9 Å². The van der Waals surface area contributed by atoms with Gasteiger partial charge in [0.15, 0.2) is 11.5 Å². The summed E-state index contributed by atoms with van der Waals surface area (Å²) in [5.74, 6) is -2.54. The van der Waals surface area contributed by atoms with Crippen LogP contribution in [-0.4, -0.2) is 62.2 Å². The smallest absolute Gasteiger partial charge is 0.328 e. The van der Waals surface area contributed by atoms with Gasteiger partial charge in [-0.05, 0) is 36.6 Å². The SMILES string of the molecule is COc1cc(/C=C/C(=O)O)cc(S(=O)(=O)N2CCC(C(=O)O)CC2)c1OC. The standard InChI is InChI=1S/C17H21NO8S/c1-25-13-9-11(3-4-15(19)20)10-14(16(13)26-2)27(23,24)18-7-5-12(6-8-18)17(21)22/h3-4,9-10,12H,5-8H2,1-2H3,(H,19,20)(H,21,22)/b4-3+. The highest BCUT2D eigenvalue weighted by Gasteiger charge is 2.34. The molecule has 0 spiro atoms. The first-order chi connectivity index (χ1) is 12.7. The number of carbonyl (C=O) groups is 2. The van der Waals surface area contributed by atoms with Crippen LogP contribution in [0.1, 0.15) is 18.4 Å². The second-order valence-electron chi connectivity index (χ2n) is 5.94. The number of hydrogen-bond donors (Lipinski definition) is 2. The van der Waals surface area contributed by atoms with Crippen molar-refractivity contribution in [2.24, 2.45) is 5.92 Å². The van der Waals surface area contributed by atoms with E-state index in [0.29, 0.717) is 5.56 Å². The molecule has 1 saturated heterocycles. The van der Waals surface area contributed by atoms with Crippen LogP contribution in [0.5, 0.6) is 11.5 Å². The van der Waals surface area contributed by atoms with Gasteiger partial charge in [-0.3, -0.25) is 4.79 Å². The molecular weight excluding hydrogens is 378 g/mol. The third-order valence-corrected chi connectivity index (χ3v) is 6.21. The van der Waals surface area contributed by atoms with E-state index in [1.807, 2.05) is 0 Å². The lowest BCUT2D eigenvalue weighted by atomic mass is 9.99. The Bertz CT molecular complexity index is 854. The Kier molecular flexibility index (Phi) is 6.45. The molecule has 0 aromatic heterocycles. The number of nitrogens with zero attached hydrogens (tertiary/aromatic N) is 1. The fraction of sp³-hybridized carbons (Fsp3) is 0.412. The van der Waals surface area contributed by atoms with E-state index in [0.717, 1.165) is 6.08 Å². The van der Waals surface area contributed by atoms with Gasteiger partial charge in [0, 0.05) is 19.2 Å². The van der Waals surface area contributed by atoms with E-state index in [4.69, 9.17) is 19.7 Å². The fourth-order valence-corrected chi connectivity index (χ4v) is 4.56. The molecule has 1 aliphatic rings. The summed E-state index contributed by atoms with van der Waals surface area (Å²) >= 11 is 0. The van der Waals surface area contributed by atoms with Crippen molar-refractivity contribution in [1.82, 2.24) is 4.31 Å². The van der Waals surface area contributed by atoms with E-state index in [9.17, 15) is 18.0 Å². The van der Waals surface area contributed by atoms with Gasteiger partial charge < -0.3 is 19.7 Å². The molecule has 1 heterocycles. The van der Waals surface area contributed by atoms with Crippen molar-refractivity contribution in [1.29, 1.82) is 0 Å². The lowest BCUT2D eigenvalue weighted by Gasteiger charge is -2.30. The zero-order valence-corrected chi connectivity index (χ0v) is 15.7. The lowest BCUT2D eigenvalue weighted by Crippen LogP contribution is -2.40. The Morgan fingerprint density at radius 3 is 2.26 bits per heavy atom. The van der Waals surface area contributed by atoms with Gasteiger partial charge in [0.2, 0.25) is 10.0 Å². The first-order valence-corrected chi connectivity index (χ1v) is 9.54. The van der Waals surface area contributed by atoms with Crippen molar-refractivity contribution in [3.63, 3.8) is 0 Å². The normalized spacial score (nSPS) is 16.4. The molecule has 0 unspecified atom stereocenters. The number of methoxy groups -OCH3 is 2. The van der Waals surface area contributed by atoms with E-state index >= 15 is 0 Å². The molecule has 2 N–H and O–H groups in total. The highest BCUT2D eigenvalue weighted by atomic mass is 32.2. The summed E-state index contributed by atoms with van der Waals surface area (Å²) in [5.41, 5.74) is 0.314. The Labute approximate surface area is 156 Å². The van der Waals surface area contributed by atoms with E-state index < -0.39 is 27.9 Å². The zero-order valence-electron chi connectivity index (χ0n) is 14.9. The van der Waals surface area contributed by atoms with Crippen molar-refractivity contribution >= 4 is 28.0 Å². The minimum Gasteiger partial charge on any atom is -0.493 e. The molecule has 0 aliphatic carbocycles. The number of carboxylic acids is 2. The second-order valence-corrected chi connectivity index (χ2v) is 7.85. The highest BCUT2D eigenvalue weighted by Crippen LogP contribution is 2.38. The molecule has 0 radical (unpaired) electrons. The number of piperidine rings is 1. The van der Waals surface area contributed by atoms with Crippen molar-refractivity contribution in [2.75, 3.05) is 27.3 Å². The average molecular weight is 399 g/mol. The Hall–Kier alpha value is -2.59. The zero-order chi connectivity index (χ0) is 20.2. The van der Waals surface area contributed by atoms with Gasteiger partial charge in [0.25, 0.3) is 0 Å². The summed E-state index contributed by atoms with van der Waals surface area (Å²) in [6.45, 7) is 0.139. The maximum Gasteiger partial charge on any atom is 0.328 e. The quantitative estimate of drug-likeness (QED) is 0.656. The van der Waals surface area contributed by atoms with E-state index in [1.54, 1.807) is 0 Å². The second kappa shape index (κ2) is 8.40. The van der Waals surface area contributed by atoms with E-state index in [1.165, 1.54) is 36.7 Å². The molecule has 1 aromatic carbocycles. The minimum absolute atomic E-state index is 0.00494. The number of aliphatic carboxylic acids is 2. The summed E-state index contributed by atoms with van der Waals surface area (Å²) in [6, 6.07) is 2.77. The molecule has 0 saturated carbocycles. The molecule has 0 bridgehead atoms. The van der Waals surface area contributed by atoms with Crippen LogP contribution in [0.2, 0.25) is 0 Å². The monoisotopic (exact) mass is 399 g/mol. The Balaban J connectivity index is 2.46. The summed E-state index contributed by atoms with van der Waals surface area (Å²) in [6.07, 6.45) is 2.56. The molecule has 2 rings (SSSR count). The van der Waals surface area contributed by atoms with E-state index in [2.05, 4.69) is 0 Å². The predicted molar refractivity (Wildman–Crippen MR) is 95.3 cm³/mol. The van der Waals surface area contributed by atoms with Gasteiger partial charge in [-0.25, -0.2) is 13.2 Å². The number of ether oxygens (including phenoxy) is 2. The van der Waals surface area contributed by atoms with Crippen molar-refractivity contribution in [2.45, 2.75) is 17.7 Å². The largest absolute Gasteiger partial charge is 0.493 e. The third kappa shape index (κ3) is 4.58. The van der Waals surface area contributed by atoms with Crippen LogP contribution < -0.4 is 9.47 Å². The highest BCUT2D eigenvalue weighted by molar-refractivity contribution is 7.89. The van der Waals surface area contributed by atoms with Crippen LogP contribution in [0.15, 0.2) is 23.1 Å². The van der Waals surface area contributed by atoms with Crippen LogP contribution in [0.3, 0.4) is 0 Å². The van der Waals surface area contributed by atoms with Crippen LogP contribution in [-0.2, 0) is 19.6 Å². The Morgan fingerprint density at radius 2 is 1.78 bits per heavy atom. The van der Waals surface area contributed by atoms with Gasteiger partial charge in [-0.15, -0.1) is 0 Å². The number of benzene rings is 1. The molecule has 1 fully saturated rings. The van der Waals surface area contributed by atoms with Gasteiger partial charge in [0.05, 0.1) is 20.1 Å². The van der Waals surface area contributed by atoms with Gasteiger partial charge in [-0.1, -0.05) is 0 Å². The summed E-state index contributed by atoms with van der Waals surface area (Å²) in [5, 5.41) is 17.9. The number of sulfonamides is 1. The summed E-state index contributed by atoms with van der Waals surface area (Å²) < 4.78 is 37.8. The van der Waals surface area contributed by atoms with Crippen molar-refractivity contribution in [3.05, 3.63) is 23.8 Å². The summed E-state index contributed by atoms with van der Waals surface area (Å²) in [7, 11) is -1.34. The first kappa shape index (κ1) is 20.7. The van der Waals surface area contributed by atoms with E-state index in [-0.39, 0.29) is 42.3 Å². The first-order valence-electron chi connectivity index (χ1n) is 8.10. The van der Waals surface area contributed by atoms with Crippen molar-refractivity contribution in [3.8, 4) is 11.5 Å². The maximum absolute atomic E-state index is 13.1. The third-order valence-electron chi connectivity index (χ3n) is 4.31. The van der Waals surface area contributed by atoms with Crippen LogP contribution in [0, 0.1) is 5.92 Å². The molecule has 1 aliphatic heterocycles. The number of carboxylic acid groups (broad SMARTS) is 2. The lowest BCUT2D eigenvalue weighted by molar-refractivity contribution is -0.143. The topological polar surface area (TPSA) is 130 Å². The average Bonchev–Trinajstić information content (AvgIpc) is 2.65. The molecule has 27 heavy (non-hydrogen) atoms. The fourth-order valence-electron chi connectivity index (χ4n) is 2.89. The molecular formula is C17H21NO8S. The number of rotatable bonds is 7. The molecule has 10 heteroatoms. The molecule has 1 aromatic rings. The van der Waals surface area contributed by atoms with Crippen molar-refractivity contribution < 1.29 is 37.7 Å². The predicted octanol–water partition coefficient (Wildman–Crippen LogP) is 1.29.